The molecular weight excluding hydrogens is 318 g/mol. The number of carbonyl (C=O) groups is 1. The van der Waals surface area contributed by atoms with Gasteiger partial charge < -0.3 is 15.5 Å². The highest BCUT2D eigenvalue weighted by atomic mass is 32.1. The Balaban J connectivity index is 1.62. The molecule has 0 unspecified atom stereocenters. The van der Waals surface area contributed by atoms with Gasteiger partial charge in [0.15, 0.2) is 0 Å². The number of hydrogen-bond acceptors (Lipinski definition) is 4. The van der Waals surface area contributed by atoms with Crippen molar-refractivity contribution in [2.24, 2.45) is 0 Å². The molecule has 1 aliphatic rings. The van der Waals surface area contributed by atoms with E-state index in [1.165, 1.54) is 0 Å². The van der Waals surface area contributed by atoms with Crippen LogP contribution in [0.15, 0.2) is 47.9 Å². The van der Waals surface area contributed by atoms with Crippen molar-refractivity contribution in [2.75, 3.05) is 30.8 Å². The molecule has 1 aromatic heterocycles. The number of likely N-dealkylation sites (tertiary alicyclic amines) is 1. The number of hydrogen-bond donors (Lipinski definition) is 2. The second-order valence-corrected chi connectivity index (χ2v) is 7.08. The lowest BCUT2D eigenvalue weighted by molar-refractivity contribution is -0.111. The summed E-state index contributed by atoms with van der Waals surface area (Å²) in [4.78, 5) is 15.6. The van der Waals surface area contributed by atoms with Crippen molar-refractivity contribution < 1.29 is 4.79 Å². The maximum absolute atomic E-state index is 12.2. The van der Waals surface area contributed by atoms with Crippen molar-refractivity contribution in [3.05, 3.63) is 52.7 Å². The molecule has 126 valence electrons. The van der Waals surface area contributed by atoms with E-state index in [1.54, 1.807) is 17.4 Å². The van der Waals surface area contributed by atoms with Gasteiger partial charge in [-0.15, -0.1) is 11.3 Å². The van der Waals surface area contributed by atoms with E-state index in [0.29, 0.717) is 6.04 Å². The van der Waals surface area contributed by atoms with E-state index in [1.807, 2.05) is 47.9 Å². The highest BCUT2D eigenvalue weighted by molar-refractivity contribution is 7.10. The van der Waals surface area contributed by atoms with Gasteiger partial charge in [-0.1, -0.05) is 18.2 Å². The number of piperidine rings is 1. The molecule has 2 heterocycles. The minimum Gasteiger partial charge on any atom is -0.381 e. The molecule has 1 saturated heterocycles. The number of thiophene rings is 1. The fourth-order valence-corrected chi connectivity index (χ4v) is 3.43. The molecule has 2 N–H and O–H groups in total. The molecule has 0 bridgehead atoms. The summed E-state index contributed by atoms with van der Waals surface area (Å²) in [5.41, 5.74) is 1.82. The molecule has 0 aliphatic carbocycles. The Kier molecular flexibility index (Phi) is 5.67. The number of para-hydroxylation sites is 2. The Hall–Kier alpha value is -2.11. The van der Waals surface area contributed by atoms with Crippen LogP contribution in [0, 0.1) is 0 Å². The number of nitrogens with zero attached hydrogens (tertiary/aromatic N) is 1. The van der Waals surface area contributed by atoms with Gasteiger partial charge in [-0.25, -0.2) is 0 Å². The summed E-state index contributed by atoms with van der Waals surface area (Å²) in [5.74, 6) is -0.110. The molecule has 24 heavy (non-hydrogen) atoms. The Morgan fingerprint density at radius 3 is 2.62 bits per heavy atom. The summed E-state index contributed by atoms with van der Waals surface area (Å²) < 4.78 is 0. The molecule has 1 aliphatic heterocycles. The van der Waals surface area contributed by atoms with Crippen LogP contribution in [0.25, 0.3) is 6.08 Å². The zero-order chi connectivity index (χ0) is 16.8. The molecule has 4 nitrogen and oxygen atoms in total. The molecule has 5 heteroatoms. The van der Waals surface area contributed by atoms with E-state index in [2.05, 4.69) is 22.6 Å². The zero-order valence-corrected chi connectivity index (χ0v) is 14.7. The predicted molar refractivity (Wildman–Crippen MR) is 103 cm³/mol. The predicted octanol–water partition coefficient (Wildman–Crippen LogP) is 3.91. The Morgan fingerprint density at radius 2 is 1.92 bits per heavy atom. The molecule has 1 aromatic carbocycles. The second kappa shape index (κ2) is 8.13. The van der Waals surface area contributed by atoms with E-state index in [9.17, 15) is 4.79 Å². The maximum atomic E-state index is 12.2. The third kappa shape index (κ3) is 4.69. The number of carbonyl (C=O) groups excluding carboxylic acids is 1. The van der Waals surface area contributed by atoms with Crippen LogP contribution in [0.4, 0.5) is 11.4 Å². The van der Waals surface area contributed by atoms with Gasteiger partial charge in [0, 0.05) is 17.0 Å². The van der Waals surface area contributed by atoms with E-state index in [4.69, 9.17) is 0 Å². The van der Waals surface area contributed by atoms with Gasteiger partial charge in [0.1, 0.15) is 0 Å². The van der Waals surface area contributed by atoms with Gasteiger partial charge >= 0.3 is 0 Å². The van der Waals surface area contributed by atoms with E-state index >= 15 is 0 Å². The smallest absolute Gasteiger partial charge is 0.248 e. The fourth-order valence-electron chi connectivity index (χ4n) is 2.81. The topological polar surface area (TPSA) is 44.4 Å². The SMILES string of the molecule is CN1CCC(Nc2ccccc2NC(=O)/C=C/c2cccs2)CC1. The summed E-state index contributed by atoms with van der Waals surface area (Å²) >= 11 is 1.61. The summed E-state index contributed by atoms with van der Waals surface area (Å²) in [6.07, 6.45) is 5.67. The van der Waals surface area contributed by atoms with Crippen LogP contribution in [-0.2, 0) is 4.79 Å². The van der Waals surface area contributed by atoms with Crippen LogP contribution in [0.2, 0.25) is 0 Å². The summed E-state index contributed by atoms with van der Waals surface area (Å²) in [6, 6.07) is 12.3. The zero-order valence-electron chi connectivity index (χ0n) is 13.9. The van der Waals surface area contributed by atoms with Gasteiger partial charge in [-0.2, -0.15) is 0 Å². The van der Waals surface area contributed by atoms with E-state index < -0.39 is 0 Å². The Labute approximate surface area is 147 Å². The normalized spacial score (nSPS) is 16.4. The quantitative estimate of drug-likeness (QED) is 0.811. The van der Waals surface area contributed by atoms with Crippen LogP contribution >= 0.6 is 11.3 Å². The fraction of sp³-hybridized carbons (Fsp3) is 0.316. The lowest BCUT2D eigenvalue weighted by Crippen LogP contribution is -2.36. The largest absolute Gasteiger partial charge is 0.381 e. The van der Waals surface area contributed by atoms with Gasteiger partial charge in [-0.3, -0.25) is 4.79 Å². The van der Waals surface area contributed by atoms with Crippen LogP contribution in [0.5, 0.6) is 0 Å². The molecule has 3 rings (SSSR count). The van der Waals surface area contributed by atoms with Gasteiger partial charge in [0.2, 0.25) is 5.91 Å². The first-order valence-corrected chi connectivity index (χ1v) is 9.15. The first-order chi connectivity index (χ1) is 11.7. The average Bonchev–Trinajstić information content (AvgIpc) is 3.10. The molecule has 0 saturated carbocycles. The minimum absolute atomic E-state index is 0.110. The molecule has 0 radical (unpaired) electrons. The van der Waals surface area contributed by atoms with Crippen molar-refractivity contribution in [3.8, 4) is 0 Å². The monoisotopic (exact) mass is 341 g/mol. The Bertz CT molecular complexity index is 688. The van der Waals surface area contributed by atoms with E-state index in [-0.39, 0.29) is 5.91 Å². The molecular formula is C19H23N3OS. The molecule has 0 spiro atoms. The number of benzene rings is 1. The van der Waals surface area contributed by atoms with Gasteiger partial charge in [-0.05, 0) is 62.6 Å². The van der Waals surface area contributed by atoms with Gasteiger partial charge in [0.05, 0.1) is 11.4 Å². The van der Waals surface area contributed by atoms with E-state index in [0.717, 1.165) is 42.2 Å². The average molecular weight is 341 g/mol. The van der Waals surface area contributed by atoms with Crippen molar-refractivity contribution in [3.63, 3.8) is 0 Å². The van der Waals surface area contributed by atoms with Crippen molar-refractivity contribution in [1.82, 2.24) is 4.90 Å². The third-order valence-electron chi connectivity index (χ3n) is 4.21. The lowest BCUT2D eigenvalue weighted by atomic mass is 10.0. The number of amides is 1. The highest BCUT2D eigenvalue weighted by Gasteiger charge is 2.17. The number of anilines is 2. The number of rotatable bonds is 5. The molecule has 1 fully saturated rings. The van der Waals surface area contributed by atoms with Crippen LogP contribution in [0.3, 0.4) is 0 Å². The third-order valence-corrected chi connectivity index (χ3v) is 5.04. The Morgan fingerprint density at radius 1 is 1.17 bits per heavy atom. The summed E-state index contributed by atoms with van der Waals surface area (Å²) in [5, 5.41) is 8.56. The number of nitrogens with one attached hydrogen (secondary N) is 2. The molecule has 2 aromatic rings. The van der Waals surface area contributed by atoms with Crippen LogP contribution in [0.1, 0.15) is 17.7 Å². The summed E-state index contributed by atoms with van der Waals surface area (Å²) in [6.45, 7) is 2.21. The second-order valence-electron chi connectivity index (χ2n) is 6.11. The maximum Gasteiger partial charge on any atom is 0.248 e. The van der Waals surface area contributed by atoms with Crippen molar-refractivity contribution in [1.29, 1.82) is 0 Å². The first-order valence-electron chi connectivity index (χ1n) is 8.27. The van der Waals surface area contributed by atoms with Crippen LogP contribution < -0.4 is 10.6 Å². The first kappa shape index (κ1) is 16.7. The van der Waals surface area contributed by atoms with Crippen molar-refractivity contribution >= 4 is 34.7 Å². The summed E-state index contributed by atoms with van der Waals surface area (Å²) in [7, 11) is 2.16. The molecule has 0 atom stereocenters. The van der Waals surface area contributed by atoms with Crippen LogP contribution in [-0.4, -0.2) is 37.0 Å². The van der Waals surface area contributed by atoms with Gasteiger partial charge in [0.25, 0.3) is 0 Å². The van der Waals surface area contributed by atoms with Crippen molar-refractivity contribution in [2.45, 2.75) is 18.9 Å². The highest BCUT2D eigenvalue weighted by Crippen LogP contribution is 2.24. The minimum atomic E-state index is -0.110. The molecule has 1 amide bonds. The lowest BCUT2D eigenvalue weighted by Gasteiger charge is -2.30. The standard InChI is InChI=1S/C19H23N3OS/c1-22-12-10-15(11-13-22)20-17-6-2-3-7-18(17)21-19(23)9-8-16-5-4-14-24-16/h2-9,14-15,20H,10-13H2,1H3,(H,21,23)/b9-8+.